The van der Waals surface area contributed by atoms with Crippen molar-refractivity contribution in [1.82, 2.24) is 0 Å². The van der Waals surface area contributed by atoms with Gasteiger partial charge in [0.2, 0.25) is 0 Å². The quantitative estimate of drug-likeness (QED) is 0.582. The highest BCUT2D eigenvalue weighted by atomic mass is 14.5. The average Bonchev–Trinajstić information content (AvgIpc) is 1.89. The molecule has 0 amide bonds. The summed E-state index contributed by atoms with van der Waals surface area (Å²) >= 11 is 0. The van der Waals surface area contributed by atoms with E-state index in [1.807, 2.05) is 0 Å². The second-order valence-corrected chi connectivity index (χ2v) is 3.49. The van der Waals surface area contributed by atoms with E-state index in [-0.39, 0.29) is 0 Å². The second kappa shape index (κ2) is 3.20. The summed E-state index contributed by atoms with van der Waals surface area (Å²) in [4.78, 5) is 0. The van der Waals surface area contributed by atoms with Crippen LogP contribution in [0.4, 0.5) is 0 Å². The number of hydrogen-bond acceptors (Lipinski definition) is 1. The normalized spacial score (nSPS) is 32.6. The number of hydrogen-bond donors (Lipinski definition) is 1. The van der Waals surface area contributed by atoms with Crippen LogP contribution in [0.15, 0.2) is 12.2 Å². The first kappa shape index (κ1) is 7.80. The van der Waals surface area contributed by atoms with Gasteiger partial charge in [0.15, 0.2) is 0 Å². The summed E-state index contributed by atoms with van der Waals surface area (Å²) in [5.74, 6) is 0. The Bertz CT molecular complexity index is 129. The molecule has 1 unspecified atom stereocenters. The van der Waals surface area contributed by atoms with Crippen LogP contribution in [0.3, 0.4) is 0 Å². The summed E-state index contributed by atoms with van der Waals surface area (Å²) in [7, 11) is 0. The molecule has 0 saturated heterocycles. The van der Waals surface area contributed by atoms with E-state index in [0.717, 1.165) is 13.0 Å². The van der Waals surface area contributed by atoms with Crippen LogP contribution in [0.5, 0.6) is 0 Å². The fourth-order valence-electron chi connectivity index (χ4n) is 1.61. The van der Waals surface area contributed by atoms with E-state index in [1.165, 1.54) is 19.3 Å². The summed E-state index contributed by atoms with van der Waals surface area (Å²) in [5.41, 5.74) is 5.93. The Balaban J connectivity index is 2.48. The number of rotatable bonds is 2. The van der Waals surface area contributed by atoms with Crippen LogP contribution in [0.1, 0.15) is 32.6 Å². The maximum Gasteiger partial charge on any atom is -0.00691 e. The average molecular weight is 139 g/mol. The van der Waals surface area contributed by atoms with Crippen LogP contribution < -0.4 is 5.73 Å². The number of allylic oxidation sites excluding steroid dienone is 2. The van der Waals surface area contributed by atoms with Crippen LogP contribution in [-0.4, -0.2) is 6.54 Å². The molecular formula is C9H17N. The van der Waals surface area contributed by atoms with Crippen molar-refractivity contribution in [3.05, 3.63) is 12.2 Å². The molecule has 0 radical (unpaired) electrons. The van der Waals surface area contributed by atoms with Crippen molar-refractivity contribution in [3.8, 4) is 0 Å². The number of nitrogens with two attached hydrogens (primary N) is 1. The van der Waals surface area contributed by atoms with Gasteiger partial charge in [-0.2, -0.15) is 0 Å². The molecule has 0 aromatic rings. The second-order valence-electron chi connectivity index (χ2n) is 3.49. The molecule has 0 bridgehead atoms. The van der Waals surface area contributed by atoms with E-state index in [0.29, 0.717) is 5.41 Å². The van der Waals surface area contributed by atoms with Crippen molar-refractivity contribution in [2.75, 3.05) is 6.54 Å². The maximum absolute atomic E-state index is 5.51. The topological polar surface area (TPSA) is 26.0 Å². The van der Waals surface area contributed by atoms with Gasteiger partial charge in [-0.25, -0.2) is 0 Å². The van der Waals surface area contributed by atoms with Crippen molar-refractivity contribution in [2.24, 2.45) is 11.1 Å². The van der Waals surface area contributed by atoms with Gasteiger partial charge < -0.3 is 5.73 Å². The van der Waals surface area contributed by atoms with E-state index in [9.17, 15) is 0 Å². The molecule has 1 aliphatic carbocycles. The van der Waals surface area contributed by atoms with Crippen LogP contribution in [0.25, 0.3) is 0 Å². The molecule has 10 heavy (non-hydrogen) atoms. The lowest BCUT2D eigenvalue weighted by Gasteiger charge is -2.28. The minimum atomic E-state index is 0.424. The summed E-state index contributed by atoms with van der Waals surface area (Å²) in [6, 6.07) is 0. The Morgan fingerprint density at radius 2 is 2.40 bits per heavy atom. The van der Waals surface area contributed by atoms with Crippen molar-refractivity contribution in [2.45, 2.75) is 32.6 Å². The third-order valence-electron chi connectivity index (χ3n) is 2.35. The third-order valence-corrected chi connectivity index (χ3v) is 2.35. The van der Waals surface area contributed by atoms with Crippen molar-refractivity contribution in [3.63, 3.8) is 0 Å². The first-order valence-corrected chi connectivity index (χ1v) is 4.15. The predicted molar refractivity (Wildman–Crippen MR) is 44.8 cm³/mol. The molecule has 0 aromatic carbocycles. The Morgan fingerprint density at radius 1 is 1.60 bits per heavy atom. The Kier molecular flexibility index (Phi) is 2.50. The third kappa shape index (κ3) is 1.84. The predicted octanol–water partition coefficient (Wildman–Crippen LogP) is 2.08. The van der Waals surface area contributed by atoms with Gasteiger partial charge in [-0.05, 0) is 37.6 Å². The van der Waals surface area contributed by atoms with E-state index in [4.69, 9.17) is 5.73 Å². The lowest BCUT2D eigenvalue weighted by molar-refractivity contribution is 0.343. The molecule has 1 nitrogen and oxygen atoms in total. The van der Waals surface area contributed by atoms with Gasteiger partial charge in [-0.3, -0.25) is 0 Å². The summed E-state index contributed by atoms with van der Waals surface area (Å²) < 4.78 is 0. The fourth-order valence-corrected chi connectivity index (χ4v) is 1.61. The van der Waals surface area contributed by atoms with Crippen LogP contribution in [0.2, 0.25) is 0 Å². The highest BCUT2D eigenvalue weighted by Gasteiger charge is 2.20. The summed E-state index contributed by atoms with van der Waals surface area (Å²) in [6.45, 7) is 3.12. The zero-order chi connectivity index (χ0) is 7.45. The monoisotopic (exact) mass is 139 g/mol. The largest absolute Gasteiger partial charge is 0.330 e. The van der Waals surface area contributed by atoms with Gasteiger partial charge in [0.1, 0.15) is 0 Å². The first-order valence-electron chi connectivity index (χ1n) is 4.15. The van der Waals surface area contributed by atoms with E-state index in [2.05, 4.69) is 19.1 Å². The van der Waals surface area contributed by atoms with Gasteiger partial charge in [-0.1, -0.05) is 19.1 Å². The smallest absolute Gasteiger partial charge is 0.00691 e. The lowest BCUT2D eigenvalue weighted by Crippen LogP contribution is -2.20. The van der Waals surface area contributed by atoms with Gasteiger partial charge in [0.25, 0.3) is 0 Å². The Morgan fingerprint density at radius 3 is 2.90 bits per heavy atom. The molecule has 1 rings (SSSR count). The molecule has 0 heterocycles. The van der Waals surface area contributed by atoms with Crippen LogP contribution in [-0.2, 0) is 0 Å². The summed E-state index contributed by atoms with van der Waals surface area (Å²) in [5, 5.41) is 0. The first-order chi connectivity index (χ1) is 4.77. The lowest BCUT2D eigenvalue weighted by atomic mass is 9.78. The van der Waals surface area contributed by atoms with Gasteiger partial charge in [0, 0.05) is 0 Å². The summed E-state index contributed by atoms with van der Waals surface area (Å²) in [6.07, 6.45) is 9.69. The molecule has 1 aliphatic rings. The molecule has 0 spiro atoms. The zero-order valence-corrected chi connectivity index (χ0v) is 6.77. The molecular weight excluding hydrogens is 122 g/mol. The molecule has 0 aliphatic heterocycles. The molecule has 0 fully saturated rings. The molecule has 1 heteroatoms. The fraction of sp³-hybridized carbons (Fsp3) is 0.778. The molecule has 58 valence electrons. The highest BCUT2D eigenvalue weighted by molar-refractivity contribution is 5.01. The van der Waals surface area contributed by atoms with Crippen molar-refractivity contribution in [1.29, 1.82) is 0 Å². The van der Waals surface area contributed by atoms with Crippen LogP contribution in [0, 0.1) is 5.41 Å². The SMILES string of the molecule is CC1(CCN)C=CCCC1. The zero-order valence-electron chi connectivity index (χ0n) is 6.77. The van der Waals surface area contributed by atoms with E-state index >= 15 is 0 Å². The van der Waals surface area contributed by atoms with E-state index in [1.54, 1.807) is 0 Å². The Hall–Kier alpha value is -0.300. The van der Waals surface area contributed by atoms with Crippen molar-refractivity contribution >= 4 is 0 Å². The maximum atomic E-state index is 5.51. The van der Waals surface area contributed by atoms with Crippen molar-refractivity contribution < 1.29 is 0 Å². The highest BCUT2D eigenvalue weighted by Crippen LogP contribution is 2.32. The molecule has 0 aromatic heterocycles. The van der Waals surface area contributed by atoms with Crippen LogP contribution >= 0.6 is 0 Å². The van der Waals surface area contributed by atoms with Gasteiger partial charge in [-0.15, -0.1) is 0 Å². The van der Waals surface area contributed by atoms with E-state index < -0.39 is 0 Å². The molecule has 2 N–H and O–H groups in total. The molecule has 0 saturated carbocycles. The minimum absolute atomic E-state index is 0.424. The van der Waals surface area contributed by atoms with Gasteiger partial charge >= 0.3 is 0 Å². The standard InChI is InChI=1S/C9H17N/c1-9(7-8-10)5-3-2-4-6-9/h3,5H,2,4,6-8,10H2,1H3. The van der Waals surface area contributed by atoms with Gasteiger partial charge in [0.05, 0.1) is 0 Å². The Labute approximate surface area is 63.3 Å². The minimum Gasteiger partial charge on any atom is -0.330 e. The molecule has 1 atom stereocenters.